The number of nitrogens with zero attached hydrogens (tertiary/aromatic N) is 3. The first-order valence-electron chi connectivity index (χ1n) is 9.03. The fourth-order valence-corrected chi connectivity index (χ4v) is 4.38. The minimum absolute atomic E-state index is 0.0619. The number of aromatic nitrogens is 2. The molecule has 2 heterocycles. The lowest BCUT2D eigenvalue weighted by Crippen LogP contribution is -2.48. The Kier molecular flexibility index (Phi) is 6.37. The Labute approximate surface area is 164 Å². The van der Waals surface area contributed by atoms with Crippen molar-refractivity contribution < 1.29 is 13.2 Å². The van der Waals surface area contributed by atoms with Gasteiger partial charge in [0, 0.05) is 43.6 Å². The van der Waals surface area contributed by atoms with E-state index in [0.717, 1.165) is 19.4 Å². The average molecular weight is 401 g/mol. The smallest absolute Gasteiger partial charge is 0.251 e. The van der Waals surface area contributed by atoms with Gasteiger partial charge >= 0.3 is 0 Å². The van der Waals surface area contributed by atoms with Crippen LogP contribution in [0.3, 0.4) is 0 Å². The zero-order valence-corrected chi connectivity index (χ0v) is 16.2. The maximum atomic E-state index is 12.8. The van der Waals surface area contributed by atoms with Gasteiger partial charge in [-0.3, -0.25) is 4.79 Å². The number of carbonyl (C=O) groups is 1. The molecule has 0 radical (unpaired) electrons. The van der Waals surface area contributed by atoms with Gasteiger partial charge in [0.05, 0.1) is 4.90 Å². The molecular weight excluding hydrogens is 378 g/mol. The molecule has 1 aromatic heterocycles. The van der Waals surface area contributed by atoms with Crippen LogP contribution in [0.25, 0.3) is 0 Å². The second kappa shape index (κ2) is 8.94. The van der Waals surface area contributed by atoms with Gasteiger partial charge in [0.1, 0.15) is 0 Å². The molecule has 9 heteroatoms. The molecule has 148 valence electrons. The highest BCUT2D eigenvalue weighted by atomic mass is 32.2. The topological polar surface area (TPSA) is 104 Å². The lowest BCUT2D eigenvalue weighted by atomic mass is 10.1. The van der Waals surface area contributed by atoms with E-state index in [-0.39, 0.29) is 22.4 Å². The summed E-state index contributed by atoms with van der Waals surface area (Å²) in [5.74, 6) is 0.245. The van der Waals surface area contributed by atoms with Crippen LogP contribution < -0.4 is 14.9 Å². The van der Waals surface area contributed by atoms with Crippen LogP contribution in [-0.2, 0) is 10.0 Å². The maximum absolute atomic E-state index is 12.8. The van der Waals surface area contributed by atoms with Crippen molar-refractivity contribution in [3.63, 3.8) is 0 Å². The Balaban J connectivity index is 1.71. The van der Waals surface area contributed by atoms with Crippen molar-refractivity contribution in [1.82, 2.24) is 20.0 Å². The van der Waals surface area contributed by atoms with Crippen molar-refractivity contribution in [3.8, 4) is 0 Å². The average Bonchev–Trinajstić information content (AvgIpc) is 2.72. The zero-order chi connectivity index (χ0) is 20.0. The van der Waals surface area contributed by atoms with E-state index in [2.05, 4.69) is 26.6 Å². The third-order valence-corrected chi connectivity index (χ3v) is 5.91. The molecule has 0 bridgehead atoms. The van der Waals surface area contributed by atoms with Crippen LogP contribution in [0.5, 0.6) is 0 Å². The third-order valence-electron chi connectivity index (χ3n) is 4.39. The molecule has 3 rings (SSSR count). The number of nitrogens with one attached hydrogen (secondary N) is 2. The summed E-state index contributed by atoms with van der Waals surface area (Å²) >= 11 is 0. The molecule has 0 aliphatic carbocycles. The Morgan fingerprint density at radius 1 is 1.29 bits per heavy atom. The van der Waals surface area contributed by atoms with E-state index < -0.39 is 10.0 Å². The van der Waals surface area contributed by atoms with E-state index in [0.29, 0.717) is 19.0 Å². The molecule has 8 nitrogen and oxygen atoms in total. The molecule has 1 saturated heterocycles. The second-order valence-corrected chi connectivity index (χ2v) is 8.20. The maximum Gasteiger partial charge on any atom is 0.251 e. The number of benzene rings is 1. The molecule has 1 amide bonds. The van der Waals surface area contributed by atoms with Gasteiger partial charge in [-0.2, -0.15) is 0 Å². The van der Waals surface area contributed by atoms with Crippen LogP contribution in [0.4, 0.5) is 5.95 Å². The van der Waals surface area contributed by atoms with E-state index in [1.54, 1.807) is 36.7 Å². The minimum atomic E-state index is -3.76. The number of hydrogen-bond donors (Lipinski definition) is 2. The summed E-state index contributed by atoms with van der Waals surface area (Å²) < 4.78 is 28.4. The van der Waals surface area contributed by atoms with Crippen LogP contribution in [0.1, 0.15) is 23.2 Å². The molecule has 0 spiro atoms. The SMILES string of the molecule is C=CCNC(=O)c1cccc(S(=O)(=O)NC2CCCN(c3ncccn3)C2)c1. The van der Waals surface area contributed by atoms with Crippen molar-refractivity contribution in [2.75, 3.05) is 24.5 Å². The first kappa shape index (κ1) is 20.0. The summed E-state index contributed by atoms with van der Waals surface area (Å²) in [4.78, 5) is 22.6. The summed E-state index contributed by atoms with van der Waals surface area (Å²) in [5, 5.41) is 2.64. The van der Waals surface area contributed by atoms with E-state index in [1.807, 2.05) is 4.90 Å². The number of piperidine rings is 1. The Morgan fingerprint density at radius 2 is 2.07 bits per heavy atom. The van der Waals surface area contributed by atoms with Gasteiger partial charge in [0.2, 0.25) is 16.0 Å². The van der Waals surface area contributed by atoms with Crippen molar-refractivity contribution in [3.05, 3.63) is 60.9 Å². The second-order valence-electron chi connectivity index (χ2n) is 6.48. The normalized spacial score (nSPS) is 17.1. The summed E-state index contributed by atoms with van der Waals surface area (Å²) in [6, 6.07) is 7.47. The summed E-state index contributed by atoms with van der Waals surface area (Å²) in [5.41, 5.74) is 0.285. The van der Waals surface area contributed by atoms with Gasteiger partial charge < -0.3 is 10.2 Å². The molecule has 1 atom stereocenters. The number of hydrogen-bond acceptors (Lipinski definition) is 6. The summed E-state index contributed by atoms with van der Waals surface area (Å²) in [6.07, 6.45) is 6.45. The van der Waals surface area contributed by atoms with Crippen molar-refractivity contribution >= 4 is 21.9 Å². The Hall–Kier alpha value is -2.78. The number of carbonyl (C=O) groups excluding carboxylic acids is 1. The largest absolute Gasteiger partial charge is 0.349 e. The number of sulfonamides is 1. The summed E-state index contributed by atoms with van der Waals surface area (Å²) in [6.45, 7) is 5.12. The summed E-state index contributed by atoms with van der Waals surface area (Å²) in [7, 11) is -3.76. The molecule has 1 aliphatic heterocycles. The highest BCUT2D eigenvalue weighted by Gasteiger charge is 2.26. The van der Waals surface area contributed by atoms with Crippen LogP contribution in [0.2, 0.25) is 0 Å². The van der Waals surface area contributed by atoms with E-state index in [1.165, 1.54) is 12.1 Å². The predicted molar refractivity (Wildman–Crippen MR) is 107 cm³/mol. The molecule has 1 unspecified atom stereocenters. The fourth-order valence-electron chi connectivity index (χ4n) is 3.07. The molecule has 1 fully saturated rings. The lowest BCUT2D eigenvalue weighted by molar-refractivity contribution is 0.0958. The number of rotatable bonds is 7. The number of amides is 1. The first-order chi connectivity index (χ1) is 13.5. The van der Waals surface area contributed by atoms with Crippen LogP contribution in [0.15, 0.2) is 60.3 Å². The lowest BCUT2D eigenvalue weighted by Gasteiger charge is -2.32. The van der Waals surface area contributed by atoms with E-state index in [4.69, 9.17) is 0 Å². The standard InChI is InChI=1S/C19H23N5O3S/c1-2-9-20-18(25)15-6-3-8-17(13-15)28(26,27)23-16-7-4-12-24(14-16)19-21-10-5-11-22-19/h2-3,5-6,8,10-11,13,16,23H,1,4,7,9,12,14H2,(H,20,25). The Morgan fingerprint density at radius 3 is 2.82 bits per heavy atom. The fraction of sp³-hybridized carbons (Fsp3) is 0.316. The van der Waals surface area contributed by atoms with Crippen molar-refractivity contribution in [2.24, 2.45) is 0 Å². The molecular formula is C19H23N5O3S. The zero-order valence-electron chi connectivity index (χ0n) is 15.4. The van der Waals surface area contributed by atoms with E-state index in [9.17, 15) is 13.2 Å². The Bertz CT molecular complexity index is 934. The minimum Gasteiger partial charge on any atom is -0.349 e. The molecule has 2 aromatic rings. The third kappa shape index (κ3) is 4.93. The highest BCUT2D eigenvalue weighted by Crippen LogP contribution is 2.18. The molecule has 2 N–H and O–H groups in total. The van der Waals surface area contributed by atoms with Crippen LogP contribution in [0, 0.1) is 0 Å². The van der Waals surface area contributed by atoms with Gasteiger partial charge in [0.15, 0.2) is 0 Å². The molecule has 0 saturated carbocycles. The van der Waals surface area contributed by atoms with Crippen LogP contribution in [-0.4, -0.2) is 50.0 Å². The van der Waals surface area contributed by atoms with Gasteiger partial charge in [-0.25, -0.2) is 23.1 Å². The molecule has 1 aliphatic rings. The van der Waals surface area contributed by atoms with Crippen molar-refractivity contribution in [1.29, 1.82) is 0 Å². The quantitative estimate of drug-likeness (QED) is 0.679. The molecule has 28 heavy (non-hydrogen) atoms. The predicted octanol–water partition coefficient (Wildman–Crippen LogP) is 1.34. The number of anilines is 1. The van der Waals surface area contributed by atoms with Gasteiger partial charge in [0.25, 0.3) is 5.91 Å². The monoisotopic (exact) mass is 401 g/mol. The van der Waals surface area contributed by atoms with Crippen molar-refractivity contribution in [2.45, 2.75) is 23.8 Å². The van der Waals surface area contributed by atoms with Gasteiger partial charge in [-0.05, 0) is 37.1 Å². The van der Waals surface area contributed by atoms with Gasteiger partial charge in [-0.1, -0.05) is 12.1 Å². The first-order valence-corrected chi connectivity index (χ1v) is 10.5. The van der Waals surface area contributed by atoms with Crippen LogP contribution >= 0.6 is 0 Å². The highest BCUT2D eigenvalue weighted by molar-refractivity contribution is 7.89. The van der Waals surface area contributed by atoms with Gasteiger partial charge in [-0.15, -0.1) is 6.58 Å². The van der Waals surface area contributed by atoms with E-state index >= 15 is 0 Å². The molecule has 1 aromatic carbocycles.